The molecule has 170 valence electrons. The maximum atomic E-state index is 13.9. The van der Waals surface area contributed by atoms with Gasteiger partial charge in [0.05, 0.1) is 18.8 Å². The molecule has 1 aliphatic heterocycles. The largest absolute Gasteiger partial charge is 0.338 e. The van der Waals surface area contributed by atoms with Gasteiger partial charge in [0.25, 0.3) is 0 Å². The van der Waals surface area contributed by atoms with Gasteiger partial charge >= 0.3 is 0 Å². The SMILES string of the molecule is Cc1ccc(-c2noc(CSc3nnc(CN4CCCC4)n3Cc3ccccc3)n2)cc1F. The molecule has 0 spiro atoms. The molecule has 0 amide bonds. The first-order chi connectivity index (χ1) is 16.2. The van der Waals surface area contributed by atoms with Gasteiger partial charge in [0.1, 0.15) is 11.6 Å². The second-order valence-electron chi connectivity index (χ2n) is 8.22. The summed E-state index contributed by atoms with van der Waals surface area (Å²) in [5.41, 5.74) is 2.38. The van der Waals surface area contributed by atoms with Gasteiger partial charge in [0, 0.05) is 5.56 Å². The van der Waals surface area contributed by atoms with Crippen LogP contribution in [0.5, 0.6) is 0 Å². The molecule has 3 heterocycles. The Morgan fingerprint density at radius 2 is 1.85 bits per heavy atom. The molecular formula is C24H25FN6OS. The zero-order valence-electron chi connectivity index (χ0n) is 18.4. The first-order valence-electron chi connectivity index (χ1n) is 11.1. The fourth-order valence-corrected chi connectivity index (χ4v) is 4.69. The minimum absolute atomic E-state index is 0.284. The Hall–Kier alpha value is -3.04. The number of hydrogen-bond donors (Lipinski definition) is 0. The minimum Gasteiger partial charge on any atom is -0.338 e. The Balaban J connectivity index is 1.33. The average molecular weight is 465 g/mol. The average Bonchev–Trinajstić information content (AvgIpc) is 3.58. The summed E-state index contributed by atoms with van der Waals surface area (Å²) < 4.78 is 21.5. The Kier molecular flexibility index (Phi) is 6.50. The van der Waals surface area contributed by atoms with Crippen LogP contribution in [0.2, 0.25) is 0 Å². The molecule has 2 aromatic heterocycles. The number of benzene rings is 2. The van der Waals surface area contributed by atoms with Gasteiger partial charge in [-0.3, -0.25) is 4.90 Å². The van der Waals surface area contributed by atoms with E-state index in [0.717, 1.165) is 30.6 Å². The third kappa shape index (κ3) is 5.15. The van der Waals surface area contributed by atoms with Crippen LogP contribution in [0.3, 0.4) is 0 Å². The third-order valence-corrected chi connectivity index (χ3v) is 6.72. The lowest BCUT2D eigenvalue weighted by molar-refractivity contribution is 0.316. The summed E-state index contributed by atoms with van der Waals surface area (Å²) in [6.07, 6.45) is 2.47. The summed E-state index contributed by atoms with van der Waals surface area (Å²) >= 11 is 1.51. The normalized spacial score (nSPS) is 14.2. The van der Waals surface area contributed by atoms with Crippen LogP contribution in [0.25, 0.3) is 11.4 Å². The number of rotatable bonds is 8. The van der Waals surface area contributed by atoms with Crippen LogP contribution in [-0.4, -0.2) is 42.9 Å². The highest BCUT2D eigenvalue weighted by molar-refractivity contribution is 7.98. The maximum absolute atomic E-state index is 13.9. The van der Waals surface area contributed by atoms with Crippen molar-refractivity contribution in [1.82, 2.24) is 29.8 Å². The number of halogens is 1. The molecule has 4 aromatic rings. The van der Waals surface area contributed by atoms with Gasteiger partial charge in [-0.05, 0) is 50.0 Å². The summed E-state index contributed by atoms with van der Waals surface area (Å²) in [6, 6.07) is 15.3. The molecule has 0 atom stereocenters. The van der Waals surface area contributed by atoms with E-state index in [4.69, 9.17) is 4.52 Å². The van der Waals surface area contributed by atoms with Crippen molar-refractivity contribution in [3.05, 3.63) is 77.2 Å². The molecule has 0 saturated carbocycles. The van der Waals surface area contributed by atoms with Crippen LogP contribution >= 0.6 is 11.8 Å². The highest BCUT2D eigenvalue weighted by Gasteiger charge is 2.19. The number of aryl methyl sites for hydroxylation is 1. The van der Waals surface area contributed by atoms with E-state index in [9.17, 15) is 4.39 Å². The zero-order valence-corrected chi connectivity index (χ0v) is 19.3. The highest BCUT2D eigenvalue weighted by Crippen LogP contribution is 2.25. The molecule has 0 N–H and O–H groups in total. The summed E-state index contributed by atoms with van der Waals surface area (Å²) in [7, 11) is 0. The van der Waals surface area contributed by atoms with E-state index in [0.29, 0.717) is 35.1 Å². The Morgan fingerprint density at radius 3 is 2.64 bits per heavy atom. The summed E-state index contributed by atoms with van der Waals surface area (Å²) in [5.74, 6) is 1.98. The van der Waals surface area contributed by atoms with Crippen molar-refractivity contribution in [2.24, 2.45) is 0 Å². The van der Waals surface area contributed by atoms with Gasteiger partial charge in [-0.25, -0.2) is 4.39 Å². The first kappa shape index (κ1) is 21.8. The fraction of sp³-hybridized carbons (Fsp3) is 0.333. The fourth-order valence-electron chi connectivity index (χ4n) is 3.90. The lowest BCUT2D eigenvalue weighted by Crippen LogP contribution is -2.21. The van der Waals surface area contributed by atoms with E-state index in [1.165, 1.54) is 36.2 Å². The number of nitrogens with zero attached hydrogens (tertiary/aromatic N) is 6. The van der Waals surface area contributed by atoms with Crippen molar-refractivity contribution < 1.29 is 8.91 Å². The quantitative estimate of drug-likeness (QED) is 0.350. The van der Waals surface area contributed by atoms with Crippen molar-refractivity contribution in [3.63, 3.8) is 0 Å². The van der Waals surface area contributed by atoms with Crippen LogP contribution in [0.4, 0.5) is 4.39 Å². The zero-order chi connectivity index (χ0) is 22.6. The van der Waals surface area contributed by atoms with Gasteiger partial charge in [0.2, 0.25) is 11.7 Å². The first-order valence-corrected chi connectivity index (χ1v) is 12.0. The number of thioether (sulfide) groups is 1. The molecule has 0 bridgehead atoms. The molecule has 9 heteroatoms. The highest BCUT2D eigenvalue weighted by atomic mass is 32.2. The molecule has 7 nitrogen and oxygen atoms in total. The molecule has 1 fully saturated rings. The lowest BCUT2D eigenvalue weighted by atomic mass is 10.1. The van der Waals surface area contributed by atoms with E-state index in [2.05, 4.69) is 41.9 Å². The summed E-state index contributed by atoms with van der Waals surface area (Å²) in [5, 5.41) is 13.8. The van der Waals surface area contributed by atoms with Crippen molar-refractivity contribution >= 4 is 11.8 Å². The van der Waals surface area contributed by atoms with Crippen LogP contribution in [-0.2, 0) is 18.8 Å². The van der Waals surface area contributed by atoms with E-state index in [-0.39, 0.29) is 5.82 Å². The van der Waals surface area contributed by atoms with Gasteiger partial charge in [0.15, 0.2) is 5.16 Å². The van der Waals surface area contributed by atoms with E-state index < -0.39 is 0 Å². The monoisotopic (exact) mass is 464 g/mol. The molecule has 0 unspecified atom stereocenters. The van der Waals surface area contributed by atoms with Gasteiger partial charge in [-0.1, -0.05) is 59.4 Å². The molecule has 1 saturated heterocycles. The topological polar surface area (TPSA) is 72.9 Å². The molecular weight excluding hydrogens is 439 g/mol. The van der Waals surface area contributed by atoms with Gasteiger partial charge in [-0.2, -0.15) is 4.98 Å². The number of hydrogen-bond acceptors (Lipinski definition) is 7. The smallest absolute Gasteiger partial charge is 0.237 e. The van der Waals surface area contributed by atoms with Crippen LogP contribution in [0.15, 0.2) is 58.2 Å². The predicted octanol–water partition coefficient (Wildman–Crippen LogP) is 4.71. The lowest BCUT2D eigenvalue weighted by Gasteiger charge is -2.15. The molecule has 33 heavy (non-hydrogen) atoms. The van der Waals surface area contributed by atoms with E-state index in [1.54, 1.807) is 19.1 Å². The summed E-state index contributed by atoms with van der Waals surface area (Å²) in [4.78, 5) is 6.86. The maximum Gasteiger partial charge on any atom is 0.237 e. The van der Waals surface area contributed by atoms with Crippen LogP contribution in [0, 0.1) is 12.7 Å². The Labute approximate surface area is 196 Å². The molecule has 5 rings (SSSR count). The Bertz CT molecular complexity index is 1220. The second-order valence-corrected chi connectivity index (χ2v) is 9.16. The standard InChI is InChI=1S/C24H25FN6OS/c1-17-9-10-19(13-20(17)25)23-26-22(32-29-23)16-33-24-28-27-21(15-30-11-5-6-12-30)31(24)14-18-7-3-2-4-8-18/h2-4,7-10,13H,5-6,11-12,14-16H2,1H3. The number of likely N-dealkylation sites (tertiary alicyclic amines) is 1. The van der Waals surface area contributed by atoms with Crippen molar-refractivity contribution in [1.29, 1.82) is 0 Å². The molecule has 1 aliphatic rings. The second kappa shape index (κ2) is 9.84. The minimum atomic E-state index is -0.284. The predicted molar refractivity (Wildman–Crippen MR) is 124 cm³/mol. The molecule has 2 aromatic carbocycles. The van der Waals surface area contributed by atoms with Gasteiger partial charge in [-0.15, -0.1) is 10.2 Å². The molecule has 0 radical (unpaired) electrons. The Morgan fingerprint density at radius 1 is 1.03 bits per heavy atom. The van der Waals surface area contributed by atoms with Gasteiger partial charge < -0.3 is 9.09 Å². The van der Waals surface area contributed by atoms with Crippen molar-refractivity contribution in [3.8, 4) is 11.4 Å². The van der Waals surface area contributed by atoms with Crippen LogP contribution < -0.4 is 0 Å². The third-order valence-electron chi connectivity index (χ3n) is 5.76. The number of aromatic nitrogens is 5. The summed E-state index contributed by atoms with van der Waals surface area (Å²) in [6.45, 7) is 5.43. The van der Waals surface area contributed by atoms with E-state index >= 15 is 0 Å². The van der Waals surface area contributed by atoms with Crippen molar-refractivity contribution in [2.45, 2.75) is 43.8 Å². The molecule has 0 aliphatic carbocycles. The van der Waals surface area contributed by atoms with E-state index in [1.807, 2.05) is 18.2 Å². The van der Waals surface area contributed by atoms with Crippen LogP contribution in [0.1, 0.15) is 35.7 Å². The van der Waals surface area contributed by atoms with Crippen molar-refractivity contribution in [2.75, 3.05) is 13.1 Å².